The van der Waals surface area contributed by atoms with Gasteiger partial charge >= 0.3 is 0 Å². The summed E-state index contributed by atoms with van der Waals surface area (Å²) in [7, 11) is 0. The van der Waals surface area contributed by atoms with E-state index in [0.29, 0.717) is 32.4 Å². The third-order valence-corrected chi connectivity index (χ3v) is 4.66. The Kier molecular flexibility index (Phi) is 5.88. The van der Waals surface area contributed by atoms with Crippen LogP contribution in [0.3, 0.4) is 0 Å². The molecule has 1 aromatic carbocycles. The number of aliphatic hydroxyl groups is 1. The Hall–Kier alpha value is -1.04. The molecular weight excluding hydrogens is 272 g/mol. The number of carbonyl (C=O) groups excluding carboxylic acids is 1. The van der Waals surface area contributed by atoms with Gasteiger partial charge in [-0.1, -0.05) is 18.2 Å². The molecular formula is C15H22N2O2S. The van der Waals surface area contributed by atoms with E-state index in [4.69, 9.17) is 5.73 Å². The number of thioether (sulfide) groups is 1. The average Bonchev–Trinajstić information content (AvgIpc) is 2.47. The first-order valence-electron chi connectivity index (χ1n) is 7.04. The van der Waals surface area contributed by atoms with Crippen molar-refractivity contribution < 1.29 is 9.90 Å². The number of likely N-dealkylation sites (tertiary alicyclic amines) is 1. The highest BCUT2D eigenvalue weighted by molar-refractivity contribution is 7.99. The van der Waals surface area contributed by atoms with Crippen LogP contribution in [0.5, 0.6) is 0 Å². The monoisotopic (exact) mass is 294 g/mol. The SMILES string of the molecule is NC(CSc1ccccc1)CC(=O)N1CCC(O)CC1. The first-order valence-corrected chi connectivity index (χ1v) is 8.03. The summed E-state index contributed by atoms with van der Waals surface area (Å²) in [5, 5.41) is 9.43. The fraction of sp³-hybridized carbons (Fsp3) is 0.533. The van der Waals surface area contributed by atoms with Crippen LogP contribution in [0.15, 0.2) is 35.2 Å². The first kappa shape index (κ1) is 15.4. The van der Waals surface area contributed by atoms with E-state index in [9.17, 15) is 9.90 Å². The van der Waals surface area contributed by atoms with Gasteiger partial charge in [-0.2, -0.15) is 0 Å². The lowest BCUT2D eigenvalue weighted by atomic mass is 10.1. The molecule has 1 unspecified atom stereocenters. The Morgan fingerprint density at radius 3 is 2.65 bits per heavy atom. The van der Waals surface area contributed by atoms with Crippen molar-refractivity contribution in [1.29, 1.82) is 0 Å². The van der Waals surface area contributed by atoms with Crippen molar-refractivity contribution in [2.75, 3.05) is 18.8 Å². The van der Waals surface area contributed by atoms with Crippen molar-refractivity contribution in [2.45, 2.75) is 36.3 Å². The maximum absolute atomic E-state index is 12.1. The molecule has 3 N–H and O–H groups in total. The lowest BCUT2D eigenvalue weighted by Crippen LogP contribution is -2.42. The Labute approximate surface area is 124 Å². The Morgan fingerprint density at radius 2 is 2.00 bits per heavy atom. The fourth-order valence-electron chi connectivity index (χ4n) is 2.25. The number of benzene rings is 1. The van der Waals surface area contributed by atoms with Gasteiger partial charge in [0.2, 0.25) is 5.91 Å². The zero-order valence-corrected chi connectivity index (χ0v) is 12.4. The molecule has 1 aliphatic heterocycles. The van der Waals surface area contributed by atoms with Crippen molar-refractivity contribution in [1.82, 2.24) is 4.90 Å². The molecule has 0 bridgehead atoms. The van der Waals surface area contributed by atoms with E-state index < -0.39 is 0 Å². The Bertz CT molecular complexity index is 419. The third-order valence-electron chi connectivity index (χ3n) is 3.46. The number of nitrogens with zero attached hydrogens (tertiary/aromatic N) is 1. The lowest BCUT2D eigenvalue weighted by molar-refractivity contribution is -0.133. The van der Waals surface area contributed by atoms with Crippen LogP contribution < -0.4 is 5.73 Å². The summed E-state index contributed by atoms with van der Waals surface area (Å²) >= 11 is 1.68. The summed E-state index contributed by atoms with van der Waals surface area (Å²) in [6.07, 6.45) is 1.50. The lowest BCUT2D eigenvalue weighted by Gasteiger charge is -2.30. The number of hydrogen-bond acceptors (Lipinski definition) is 4. The second-order valence-electron chi connectivity index (χ2n) is 5.20. The highest BCUT2D eigenvalue weighted by atomic mass is 32.2. The van der Waals surface area contributed by atoms with E-state index in [0.717, 1.165) is 5.75 Å². The topological polar surface area (TPSA) is 66.6 Å². The van der Waals surface area contributed by atoms with Crippen LogP contribution >= 0.6 is 11.8 Å². The molecule has 20 heavy (non-hydrogen) atoms. The molecule has 1 aromatic rings. The van der Waals surface area contributed by atoms with Crippen LogP contribution in [0.1, 0.15) is 19.3 Å². The number of piperidine rings is 1. The van der Waals surface area contributed by atoms with Crippen LogP contribution in [0.25, 0.3) is 0 Å². The van der Waals surface area contributed by atoms with Gasteiger partial charge in [-0.25, -0.2) is 0 Å². The molecule has 0 aliphatic carbocycles. The van der Waals surface area contributed by atoms with Gasteiger partial charge in [0.25, 0.3) is 0 Å². The Balaban J connectivity index is 1.71. The van der Waals surface area contributed by atoms with Crippen molar-refractivity contribution in [3.8, 4) is 0 Å². The minimum Gasteiger partial charge on any atom is -0.393 e. The molecule has 1 saturated heterocycles. The van der Waals surface area contributed by atoms with E-state index in [-0.39, 0.29) is 18.1 Å². The van der Waals surface area contributed by atoms with Crippen LogP contribution in [0.2, 0.25) is 0 Å². The highest BCUT2D eigenvalue weighted by Crippen LogP contribution is 2.19. The van der Waals surface area contributed by atoms with Gasteiger partial charge in [-0.3, -0.25) is 4.79 Å². The van der Waals surface area contributed by atoms with E-state index >= 15 is 0 Å². The predicted molar refractivity (Wildman–Crippen MR) is 81.6 cm³/mol. The fourth-order valence-corrected chi connectivity index (χ4v) is 3.12. The average molecular weight is 294 g/mol. The quantitative estimate of drug-likeness (QED) is 0.807. The molecule has 2 rings (SSSR count). The number of hydrogen-bond donors (Lipinski definition) is 2. The zero-order valence-electron chi connectivity index (χ0n) is 11.6. The second-order valence-corrected chi connectivity index (χ2v) is 6.29. The standard InChI is InChI=1S/C15H22N2O2S/c16-12(11-20-14-4-2-1-3-5-14)10-15(19)17-8-6-13(18)7-9-17/h1-5,12-13,18H,6-11,16H2. The Morgan fingerprint density at radius 1 is 1.35 bits per heavy atom. The number of rotatable bonds is 5. The number of aliphatic hydroxyl groups excluding tert-OH is 1. The summed E-state index contributed by atoms with van der Waals surface area (Å²) in [5.41, 5.74) is 6.04. The molecule has 1 aliphatic rings. The van der Waals surface area contributed by atoms with Crippen molar-refractivity contribution in [3.63, 3.8) is 0 Å². The van der Waals surface area contributed by atoms with Gasteiger partial charge in [-0.15, -0.1) is 11.8 Å². The summed E-state index contributed by atoms with van der Waals surface area (Å²) < 4.78 is 0. The van der Waals surface area contributed by atoms with Gasteiger partial charge in [0.15, 0.2) is 0 Å². The molecule has 4 nitrogen and oxygen atoms in total. The molecule has 0 spiro atoms. The number of carbonyl (C=O) groups is 1. The molecule has 1 heterocycles. The largest absolute Gasteiger partial charge is 0.393 e. The molecule has 0 saturated carbocycles. The van der Waals surface area contributed by atoms with E-state index in [1.165, 1.54) is 4.90 Å². The minimum atomic E-state index is -0.249. The second kappa shape index (κ2) is 7.67. The molecule has 0 radical (unpaired) electrons. The van der Waals surface area contributed by atoms with Gasteiger partial charge in [0.05, 0.1) is 6.10 Å². The van der Waals surface area contributed by atoms with E-state index in [1.807, 2.05) is 35.2 Å². The smallest absolute Gasteiger partial charge is 0.224 e. The van der Waals surface area contributed by atoms with E-state index in [1.54, 1.807) is 11.8 Å². The molecule has 5 heteroatoms. The molecule has 110 valence electrons. The third kappa shape index (κ3) is 4.81. The summed E-state index contributed by atoms with van der Waals surface area (Å²) in [5.74, 6) is 0.852. The summed E-state index contributed by atoms with van der Waals surface area (Å²) in [6, 6.07) is 9.95. The van der Waals surface area contributed by atoms with Crippen LogP contribution in [0.4, 0.5) is 0 Å². The molecule has 1 atom stereocenters. The molecule has 1 fully saturated rings. The first-order chi connectivity index (χ1) is 9.65. The van der Waals surface area contributed by atoms with Gasteiger partial charge in [-0.05, 0) is 25.0 Å². The maximum Gasteiger partial charge on any atom is 0.224 e. The molecule has 0 aromatic heterocycles. The van der Waals surface area contributed by atoms with Gasteiger partial charge in [0, 0.05) is 36.2 Å². The van der Waals surface area contributed by atoms with Crippen molar-refractivity contribution in [3.05, 3.63) is 30.3 Å². The number of amides is 1. The van der Waals surface area contributed by atoms with Crippen molar-refractivity contribution >= 4 is 17.7 Å². The zero-order chi connectivity index (χ0) is 14.4. The van der Waals surface area contributed by atoms with Crippen molar-refractivity contribution in [2.24, 2.45) is 5.73 Å². The van der Waals surface area contributed by atoms with Gasteiger partial charge in [0.1, 0.15) is 0 Å². The highest BCUT2D eigenvalue weighted by Gasteiger charge is 2.22. The summed E-state index contributed by atoms with van der Waals surface area (Å²) in [4.78, 5) is 15.1. The molecule has 1 amide bonds. The van der Waals surface area contributed by atoms with Crippen LogP contribution in [-0.2, 0) is 4.79 Å². The maximum atomic E-state index is 12.1. The summed E-state index contributed by atoms with van der Waals surface area (Å²) in [6.45, 7) is 1.30. The minimum absolute atomic E-state index is 0.109. The normalized spacial score (nSPS) is 18.0. The predicted octanol–water partition coefficient (Wildman–Crippen LogP) is 1.48. The van der Waals surface area contributed by atoms with E-state index in [2.05, 4.69) is 0 Å². The number of nitrogens with two attached hydrogens (primary N) is 1. The van der Waals surface area contributed by atoms with Crippen LogP contribution in [0, 0.1) is 0 Å². The van der Waals surface area contributed by atoms with Gasteiger partial charge < -0.3 is 15.7 Å². The van der Waals surface area contributed by atoms with Crippen LogP contribution in [-0.4, -0.2) is 46.9 Å².